The first kappa shape index (κ1) is 22.9. The lowest BCUT2D eigenvalue weighted by Crippen LogP contribution is -2.48. The zero-order valence-corrected chi connectivity index (χ0v) is 16.7. The summed E-state index contributed by atoms with van der Waals surface area (Å²) in [6.45, 7) is 7.66. The fraction of sp³-hybridized carbons (Fsp3) is 0.526. The first-order chi connectivity index (χ1) is 12.5. The van der Waals surface area contributed by atoms with Crippen LogP contribution in [0.3, 0.4) is 0 Å². The van der Waals surface area contributed by atoms with Crippen LogP contribution in [0.15, 0.2) is 18.2 Å². The van der Waals surface area contributed by atoms with E-state index >= 15 is 0 Å². The molecular weight excluding hydrogens is 374 g/mol. The first-order valence-electron chi connectivity index (χ1n) is 8.61. The van der Waals surface area contributed by atoms with Crippen LogP contribution in [0.5, 0.6) is 0 Å². The second-order valence-corrected chi connectivity index (χ2v) is 7.35. The lowest BCUT2D eigenvalue weighted by Gasteiger charge is -2.33. The first-order valence-corrected chi connectivity index (χ1v) is 8.99. The summed E-state index contributed by atoms with van der Waals surface area (Å²) in [5.41, 5.74) is 0.591. The van der Waals surface area contributed by atoms with Gasteiger partial charge in [-0.3, -0.25) is 14.4 Å². The van der Waals surface area contributed by atoms with Crippen molar-refractivity contribution >= 4 is 29.5 Å². The van der Waals surface area contributed by atoms with Crippen LogP contribution >= 0.6 is 11.6 Å². The highest BCUT2D eigenvalue weighted by molar-refractivity contribution is 6.30. The van der Waals surface area contributed by atoms with Crippen molar-refractivity contribution in [2.75, 3.05) is 13.1 Å². The molecule has 150 valence electrons. The van der Waals surface area contributed by atoms with Crippen LogP contribution in [0, 0.1) is 5.92 Å². The van der Waals surface area contributed by atoms with Gasteiger partial charge in [0.25, 0.3) is 0 Å². The summed E-state index contributed by atoms with van der Waals surface area (Å²) in [5, 5.41) is 22.2. The van der Waals surface area contributed by atoms with E-state index in [1.165, 1.54) is 6.92 Å². The number of carbonyl (C=O) groups is 3. The highest BCUT2D eigenvalue weighted by Gasteiger charge is 2.47. The molecule has 0 saturated heterocycles. The highest BCUT2D eigenvalue weighted by Crippen LogP contribution is 2.37. The van der Waals surface area contributed by atoms with Crippen LogP contribution in [0.2, 0.25) is 5.02 Å². The van der Waals surface area contributed by atoms with E-state index in [1.54, 1.807) is 19.1 Å². The molecule has 0 saturated carbocycles. The van der Waals surface area contributed by atoms with Crippen LogP contribution in [0.4, 0.5) is 0 Å². The molecule has 1 aliphatic rings. The zero-order valence-electron chi connectivity index (χ0n) is 15.9. The Morgan fingerprint density at radius 1 is 1.22 bits per heavy atom. The molecule has 1 aromatic carbocycles. The smallest absolute Gasteiger partial charge is 0.318 e. The number of halogens is 1. The Balaban J connectivity index is 0.000000445. The number of benzene rings is 1. The summed E-state index contributed by atoms with van der Waals surface area (Å²) in [6.07, 6.45) is 0.742. The molecule has 2 rings (SSSR count). The Morgan fingerprint density at radius 3 is 2.26 bits per heavy atom. The minimum absolute atomic E-state index is 0.0255. The average molecular weight is 400 g/mol. The van der Waals surface area contributed by atoms with E-state index in [-0.39, 0.29) is 18.6 Å². The van der Waals surface area contributed by atoms with Gasteiger partial charge in [-0.2, -0.15) is 0 Å². The molecule has 3 N–H and O–H groups in total. The topological polar surface area (TPSA) is 113 Å². The van der Waals surface area contributed by atoms with Crippen molar-refractivity contribution in [2.45, 2.75) is 45.6 Å². The largest absolute Gasteiger partial charge is 0.481 e. The number of esters is 1. The van der Waals surface area contributed by atoms with Crippen molar-refractivity contribution in [1.29, 1.82) is 0 Å². The second-order valence-electron chi connectivity index (χ2n) is 6.91. The van der Waals surface area contributed by atoms with Crippen LogP contribution in [-0.4, -0.2) is 47.3 Å². The van der Waals surface area contributed by atoms with Gasteiger partial charge in [0.1, 0.15) is 0 Å². The number of rotatable bonds is 4. The number of carboxylic acid groups (broad SMARTS) is 2. The maximum absolute atomic E-state index is 11.4. The number of ether oxygens (including phenoxy) is 1. The Morgan fingerprint density at radius 2 is 1.81 bits per heavy atom. The number of fused-ring (bicyclic) bond motifs is 1. The molecule has 0 spiro atoms. The lowest BCUT2D eigenvalue weighted by molar-refractivity contribution is -0.158. The molecule has 0 unspecified atom stereocenters. The standard InChI is InChI=1S/C14H16ClNO4.C5H10O2/c1-14(11(12(17)18)13(19)20)7-16-5-4-8-2-3-9(15)6-10(8)14;1-4(2)7-5(3)6/h2-3,6,11,16H,4-5,7H2,1H3,(H,17,18)(H,19,20);4H,1-3H3/t14-;/m0./s1. The van der Waals surface area contributed by atoms with E-state index in [0.29, 0.717) is 23.6 Å². The molecule has 0 fully saturated rings. The number of carbonyl (C=O) groups excluding carboxylic acids is 1. The van der Waals surface area contributed by atoms with Crippen molar-refractivity contribution in [3.63, 3.8) is 0 Å². The number of hydrogen-bond donors (Lipinski definition) is 3. The van der Waals surface area contributed by atoms with E-state index in [0.717, 1.165) is 5.56 Å². The SMILES string of the molecule is CC(=O)OC(C)C.C[C@]1(C(C(=O)O)C(=O)O)CNCCc2ccc(Cl)cc21. The molecule has 0 radical (unpaired) electrons. The number of hydrogen-bond acceptors (Lipinski definition) is 5. The van der Waals surface area contributed by atoms with Gasteiger partial charge in [-0.15, -0.1) is 0 Å². The van der Waals surface area contributed by atoms with E-state index in [1.807, 2.05) is 19.9 Å². The van der Waals surface area contributed by atoms with Gasteiger partial charge in [0.2, 0.25) is 0 Å². The molecule has 1 aliphatic heterocycles. The van der Waals surface area contributed by atoms with Gasteiger partial charge < -0.3 is 20.3 Å². The maximum atomic E-state index is 11.4. The predicted octanol–water partition coefficient (Wildman–Crippen LogP) is 2.49. The third-order valence-electron chi connectivity index (χ3n) is 4.28. The van der Waals surface area contributed by atoms with Crippen molar-refractivity contribution in [2.24, 2.45) is 5.92 Å². The molecule has 0 aliphatic carbocycles. The quantitative estimate of drug-likeness (QED) is 0.526. The fourth-order valence-electron chi connectivity index (χ4n) is 3.20. The molecular formula is C19H26ClNO6. The molecule has 8 heteroatoms. The Labute approximate surface area is 163 Å². The third kappa shape index (κ3) is 6.22. The summed E-state index contributed by atoms with van der Waals surface area (Å²) in [5.74, 6) is -4.41. The van der Waals surface area contributed by atoms with Crippen LogP contribution in [0.25, 0.3) is 0 Å². The van der Waals surface area contributed by atoms with E-state index in [4.69, 9.17) is 11.6 Å². The fourth-order valence-corrected chi connectivity index (χ4v) is 3.38. The molecule has 0 aromatic heterocycles. The van der Waals surface area contributed by atoms with Gasteiger partial charge >= 0.3 is 17.9 Å². The molecule has 1 atom stereocenters. The van der Waals surface area contributed by atoms with Crippen LogP contribution in [-0.2, 0) is 31.0 Å². The molecule has 1 heterocycles. The highest BCUT2D eigenvalue weighted by atomic mass is 35.5. The van der Waals surface area contributed by atoms with E-state index in [9.17, 15) is 24.6 Å². The van der Waals surface area contributed by atoms with Crippen molar-refractivity contribution in [1.82, 2.24) is 5.32 Å². The Kier molecular flexibility index (Phi) is 8.24. The monoisotopic (exact) mass is 399 g/mol. The Bertz CT molecular complexity index is 691. The average Bonchev–Trinajstić information content (AvgIpc) is 2.66. The molecule has 0 amide bonds. The maximum Gasteiger partial charge on any atom is 0.318 e. The van der Waals surface area contributed by atoms with E-state index < -0.39 is 23.3 Å². The Hall–Kier alpha value is -2.12. The van der Waals surface area contributed by atoms with Gasteiger partial charge in [0.15, 0.2) is 5.92 Å². The van der Waals surface area contributed by atoms with Gasteiger partial charge in [0.05, 0.1) is 6.10 Å². The summed E-state index contributed by atoms with van der Waals surface area (Å²) in [4.78, 5) is 32.9. The van der Waals surface area contributed by atoms with Crippen LogP contribution in [0.1, 0.15) is 38.8 Å². The van der Waals surface area contributed by atoms with Gasteiger partial charge in [-0.1, -0.05) is 24.6 Å². The number of nitrogens with one attached hydrogen (secondary N) is 1. The second kappa shape index (κ2) is 9.71. The van der Waals surface area contributed by atoms with Crippen molar-refractivity contribution in [3.8, 4) is 0 Å². The van der Waals surface area contributed by atoms with Gasteiger partial charge in [-0.05, 0) is 50.1 Å². The molecule has 7 nitrogen and oxygen atoms in total. The van der Waals surface area contributed by atoms with Crippen molar-refractivity contribution in [3.05, 3.63) is 34.3 Å². The summed E-state index contributed by atoms with van der Waals surface area (Å²) in [7, 11) is 0. The predicted molar refractivity (Wildman–Crippen MR) is 101 cm³/mol. The summed E-state index contributed by atoms with van der Waals surface area (Å²) >= 11 is 6.01. The molecule has 0 bridgehead atoms. The lowest BCUT2D eigenvalue weighted by atomic mass is 9.70. The third-order valence-corrected chi connectivity index (χ3v) is 4.52. The number of carboxylic acids is 2. The minimum atomic E-state index is -1.52. The normalized spacial score (nSPS) is 18.8. The molecule has 27 heavy (non-hydrogen) atoms. The van der Waals surface area contributed by atoms with Crippen LogP contribution < -0.4 is 5.32 Å². The zero-order chi connectivity index (χ0) is 20.8. The summed E-state index contributed by atoms with van der Waals surface area (Å²) in [6, 6.07) is 5.26. The summed E-state index contributed by atoms with van der Waals surface area (Å²) < 4.78 is 4.61. The van der Waals surface area contributed by atoms with Gasteiger partial charge in [-0.25, -0.2) is 0 Å². The van der Waals surface area contributed by atoms with Crippen molar-refractivity contribution < 1.29 is 29.3 Å². The number of aliphatic carboxylic acids is 2. The molecule has 1 aromatic rings. The minimum Gasteiger partial charge on any atom is -0.481 e. The van der Waals surface area contributed by atoms with Gasteiger partial charge in [0, 0.05) is 23.9 Å². The van der Waals surface area contributed by atoms with E-state index in [2.05, 4.69) is 10.1 Å².